The van der Waals surface area contributed by atoms with Crippen molar-refractivity contribution in [2.45, 2.75) is 32.6 Å². The predicted molar refractivity (Wildman–Crippen MR) is 90.3 cm³/mol. The number of hydrogen-bond donors (Lipinski definition) is 1. The summed E-state index contributed by atoms with van der Waals surface area (Å²) in [6, 6.07) is 5.29. The van der Waals surface area contributed by atoms with Gasteiger partial charge in [-0.25, -0.2) is 0 Å². The number of rotatable bonds is 6. The van der Waals surface area contributed by atoms with Gasteiger partial charge in [-0.15, -0.1) is 0 Å². The van der Waals surface area contributed by atoms with Crippen molar-refractivity contribution in [3.05, 3.63) is 18.2 Å². The van der Waals surface area contributed by atoms with E-state index in [-0.39, 0.29) is 11.8 Å². The van der Waals surface area contributed by atoms with Gasteiger partial charge in [-0.1, -0.05) is 13.3 Å². The van der Waals surface area contributed by atoms with Crippen molar-refractivity contribution in [3.8, 4) is 11.5 Å². The molecule has 0 radical (unpaired) electrons. The van der Waals surface area contributed by atoms with Gasteiger partial charge in [-0.3, -0.25) is 9.59 Å². The quantitative estimate of drug-likeness (QED) is 0.813. The number of nitrogens with zero attached hydrogens (tertiary/aromatic N) is 1. The number of benzene rings is 1. The van der Waals surface area contributed by atoms with Crippen LogP contribution in [0.4, 0.5) is 5.69 Å². The molecule has 1 aliphatic carbocycles. The molecule has 6 nitrogen and oxygen atoms in total. The van der Waals surface area contributed by atoms with Crippen LogP contribution in [0.1, 0.15) is 32.6 Å². The van der Waals surface area contributed by atoms with E-state index in [0.29, 0.717) is 49.8 Å². The van der Waals surface area contributed by atoms with Crippen LogP contribution >= 0.6 is 0 Å². The first kappa shape index (κ1) is 16.6. The molecule has 0 aromatic heterocycles. The van der Waals surface area contributed by atoms with Crippen molar-refractivity contribution in [2.24, 2.45) is 5.41 Å². The van der Waals surface area contributed by atoms with Crippen LogP contribution in [0.5, 0.6) is 11.5 Å². The van der Waals surface area contributed by atoms with Crippen LogP contribution in [0, 0.1) is 5.41 Å². The Morgan fingerprint density at radius 1 is 1.21 bits per heavy atom. The van der Waals surface area contributed by atoms with Gasteiger partial charge in [0.1, 0.15) is 18.6 Å². The highest BCUT2D eigenvalue weighted by Crippen LogP contribution is 2.48. The van der Waals surface area contributed by atoms with Crippen molar-refractivity contribution in [1.82, 2.24) is 4.90 Å². The smallest absolute Gasteiger partial charge is 0.240 e. The summed E-state index contributed by atoms with van der Waals surface area (Å²) < 4.78 is 11.0. The predicted octanol–water partition coefficient (Wildman–Crippen LogP) is 2.44. The van der Waals surface area contributed by atoms with Gasteiger partial charge < -0.3 is 19.7 Å². The van der Waals surface area contributed by atoms with E-state index in [1.807, 2.05) is 0 Å². The zero-order chi connectivity index (χ0) is 17.2. The number of fused-ring (bicyclic) bond motifs is 1. The molecule has 3 rings (SSSR count). The third-order valence-electron chi connectivity index (χ3n) is 4.59. The Morgan fingerprint density at radius 2 is 1.92 bits per heavy atom. The van der Waals surface area contributed by atoms with Gasteiger partial charge in [0.2, 0.25) is 11.8 Å². The molecular weight excluding hydrogens is 308 g/mol. The minimum absolute atomic E-state index is 0.0778. The van der Waals surface area contributed by atoms with Gasteiger partial charge in [0.05, 0.1) is 0 Å². The van der Waals surface area contributed by atoms with Crippen molar-refractivity contribution in [1.29, 1.82) is 0 Å². The van der Waals surface area contributed by atoms with E-state index >= 15 is 0 Å². The molecule has 0 unspecified atom stereocenters. The first-order valence-corrected chi connectivity index (χ1v) is 8.53. The fraction of sp³-hybridized carbons (Fsp3) is 0.556. The molecule has 2 aliphatic rings. The summed E-state index contributed by atoms with van der Waals surface area (Å²) in [4.78, 5) is 27.0. The van der Waals surface area contributed by atoms with Gasteiger partial charge in [0.25, 0.3) is 0 Å². The van der Waals surface area contributed by atoms with Crippen molar-refractivity contribution in [2.75, 3.05) is 32.1 Å². The Balaban J connectivity index is 1.67. The Hall–Kier alpha value is -2.24. The molecule has 0 atom stereocenters. The maximum Gasteiger partial charge on any atom is 0.240 e. The molecule has 0 spiro atoms. The number of hydrogen-bond acceptors (Lipinski definition) is 4. The van der Waals surface area contributed by atoms with Crippen LogP contribution in [0.15, 0.2) is 18.2 Å². The fourth-order valence-corrected chi connectivity index (χ4v) is 2.90. The Bertz CT molecular complexity index is 640. The summed E-state index contributed by atoms with van der Waals surface area (Å²) in [5.41, 5.74) is -0.269. The fourth-order valence-electron chi connectivity index (χ4n) is 2.90. The molecule has 1 fully saturated rings. The summed E-state index contributed by atoms with van der Waals surface area (Å²) >= 11 is 0. The number of ether oxygens (including phenoxy) is 2. The van der Waals surface area contributed by atoms with Crippen molar-refractivity contribution >= 4 is 17.5 Å². The number of anilines is 1. The SMILES string of the molecule is CCCCN(C)C(=O)C1(C(=O)Nc2ccc3c(c2)OCCO3)CC1. The average Bonchev–Trinajstić information content (AvgIpc) is 3.40. The minimum Gasteiger partial charge on any atom is -0.486 e. The molecule has 2 amide bonds. The lowest BCUT2D eigenvalue weighted by Crippen LogP contribution is -2.41. The lowest BCUT2D eigenvalue weighted by molar-refractivity contribution is -0.141. The van der Waals surface area contributed by atoms with Gasteiger partial charge >= 0.3 is 0 Å². The van der Waals surface area contributed by atoms with Gasteiger partial charge in [0, 0.05) is 25.3 Å². The minimum atomic E-state index is -0.893. The summed E-state index contributed by atoms with van der Waals surface area (Å²) in [6.45, 7) is 3.80. The molecule has 1 aliphatic heterocycles. The maximum absolute atomic E-state index is 12.7. The van der Waals surface area contributed by atoms with E-state index in [4.69, 9.17) is 9.47 Å². The molecule has 1 aromatic carbocycles. The third kappa shape index (κ3) is 3.18. The van der Waals surface area contributed by atoms with Gasteiger partial charge in [-0.05, 0) is 31.4 Å². The highest BCUT2D eigenvalue weighted by molar-refractivity contribution is 6.13. The topological polar surface area (TPSA) is 67.9 Å². The van der Waals surface area contributed by atoms with Crippen LogP contribution in [0.2, 0.25) is 0 Å². The highest BCUT2D eigenvalue weighted by Gasteiger charge is 2.57. The second kappa shape index (κ2) is 6.71. The molecule has 1 N–H and O–H groups in total. The van der Waals surface area contributed by atoms with Crippen LogP contribution in [-0.4, -0.2) is 43.5 Å². The molecule has 0 bridgehead atoms. The maximum atomic E-state index is 12.7. The number of amides is 2. The summed E-state index contributed by atoms with van der Waals surface area (Å²) in [5, 5.41) is 2.86. The van der Waals surface area contributed by atoms with Crippen LogP contribution in [0.3, 0.4) is 0 Å². The molecule has 6 heteroatoms. The summed E-state index contributed by atoms with van der Waals surface area (Å²) in [5.74, 6) is 0.990. The van der Waals surface area contributed by atoms with E-state index in [1.54, 1.807) is 30.1 Å². The molecule has 24 heavy (non-hydrogen) atoms. The Labute approximate surface area is 142 Å². The van der Waals surface area contributed by atoms with Crippen molar-refractivity contribution in [3.63, 3.8) is 0 Å². The summed E-state index contributed by atoms with van der Waals surface area (Å²) in [7, 11) is 1.77. The van der Waals surface area contributed by atoms with Crippen LogP contribution in [0.25, 0.3) is 0 Å². The van der Waals surface area contributed by atoms with Gasteiger partial charge in [-0.2, -0.15) is 0 Å². The zero-order valence-corrected chi connectivity index (χ0v) is 14.3. The van der Waals surface area contributed by atoms with E-state index in [1.165, 1.54) is 0 Å². The van der Waals surface area contributed by atoms with E-state index in [2.05, 4.69) is 12.2 Å². The number of carbonyl (C=O) groups excluding carboxylic acids is 2. The lowest BCUT2D eigenvalue weighted by atomic mass is 10.0. The molecule has 1 saturated carbocycles. The van der Waals surface area contributed by atoms with Gasteiger partial charge in [0.15, 0.2) is 11.5 Å². The summed E-state index contributed by atoms with van der Waals surface area (Å²) in [6.07, 6.45) is 3.19. The zero-order valence-electron chi connectivity index (χ0n) is 14.3. The number of carbonyl (C=O) groups is 2. The molecule has 130 valence electrons. The van der Waals surface area contributed by atoms with Crippen LogP contribution in [-0.2, 0) is 9.59 Å². The largest absolute Gasteiger partial charge is 0.486 e. The number of nitrogens with one attached hydrogen (secondary N) is 1. The first-order valence-electron chi connectivity index (χ1n) is 8.53. The monoisotopic (exact) mass is 332 g/mol. The highest BCUT2D eigenvalue weighted by atomic mass is 16.6. The van der Waals surface area contributed by atoms with E-state index < -0.39 is 5.41 Å². The normalized spacial score (nSPS) is 17.1. The second-order valence-electron chi connectivity index (χ2n) is 6.47. The second-order valence-corrected chi connectivity index (χ2v) is 6.47. The average molecular weight is 332 g/mol. The molecule has 1 heterocycles. The van der Waals surface area contributed by atoms with E-state index in [9.17, 15) is 9.59 Å². The molecule has 0 saturated heterocycles. The van der Waals surface area contributed by atoms with Crippen molar-refractivity contribution < 1.29 is 19.1 Å². The standard InChI is InChI=1S/C18H24N2O4/c1-3-4-9-20(2)17(22)18(7-8-18)16(21)19-13-5-6-14-15(12-13)24-11-10-23-14/h5-6,12H,3-4,7-11H2,1-2H3,(H,19,21). The lowest BCUT2D eigenvalue weighted by Gasteiger charge is -2.23. The number of unbranched alkanes of at least 4 members (excludes halogenated alkanes) is 1. The Kier molecular flexibility index (Phi) is 4.64. The van der Waals surface area contributed by atoms with E-state index in [0.717, 1.165) is 12.8 Å². The van der Waals surface area contributed by atoms with Crippen LogP contribution < -0.4 is 14.8 Å². The Morgan fingerprint density at radius 3 is 2.58 bits per heavy atom. The third-order valence-corrected chi connectivity index (χ3v) is 4.59. The molecule has 1 aromatic rings. The first-order chi connectivity index (χ1) is 11.6. The molecular formula is C18H24N2O4.